The topological polar surface area (TPSA) is 170 Å². The fraction of sp³-hybridized carbons (Fsp3) is 0.286. The number of phenols is 2. The predicted molar refractivity (Wildman–Crippen MR) is 106 cm³/mol. The van der Waals surface area contributed by atoms with Gasteiger partial charge in [0.25, 0.3) is 0 Å². The van der Waals surface area contributed by atoms with Crippen LogP contribution >= 0.6 is 0 Å². The molecule has 31 heavy (non-hydrogen) atoms. The molecule has 1 aliphatic rings. The average Bonchev–Trinajstić information content (AvgIpc) is 2.74. The van der Waals surface area contributed by atoms with Crippen molar-refractivity contribution in [1.29, 1.82) is 0 Å². The summed E-state index contributed by atoms with van der Waals surface area (Å²) in [7, 11) is 0. The van der Waals surface area contributed by atoms with E-state index in [1.165, 1.54) is 36.6 Å². The number of aromatic hydroxyl groups is 2. The van der Waals surface area contributed by atoms with Gasteiger partial charge in [0.15, 0.2) is 0 Å². The van der Waals surface area contributed by atoms with Crippen molar-refractivity contribution >= 4 is 11.0 Å². The van der Waals surface area contributed by atoms with Crippen molar-refractivity contribution in [3.05, 3.63) is 52.9 Å². The van der Waals surface area contributed by atoms with Crippen molar-refractivity contribution in [2.24, 2.45) is 0 Å². The molecule has 0 saturated carbocycles. The molecule has 2 aromatic carbocycles. The maximum Gasteiger partial charge on any atom is 0.229 e. The van der Waals surface area contributed by atoms with Crippen LogP contribution in [-0.2, 0) is 4.74 Å². The Bertz CT molecular complexity index is 1140. The second-order valence-corrected chi connectivity index (χ2v) is 7.16. The first-order chi connectivity index (χ1) is 14.8. The minimum Gasteiger partial charge on any atom is -0.508 e. The Morgan fingerprint density at radius 3 is 2.35 bits per heavy atom. The zero-order valence-corrected chi connectivity index (χ0v) is 16.0. The molecular formula is C21H20O10. The molecule has 1 aliphatic heterocycles. The van der Waals surface area contributed by atoms with Crippen LogP contribution in [0.2, 0.25) is 0 Å². The fourth-order valence-electron chi connectivity index (χ4n) is 3.43. The van der Waals surface area contributed by atoms with Crippen molar-refractivity contribution in [1.82, 2.24) is 0 Å². The molecule has 0 amide bonds. The van der Waals surface area contributed by atoms with Crippen LogP contribution in [0.5, 0.6) is 17.2 Å². The quantitative estimate of drug-likeness (QED) is 0.331. The van der Waals surface area contributed by atoms with Crippen LogP contribution in [0.4, 0.5) is 0 Å². The number of hydrogen-bond acceptors (Lipinski definition) is 10. The molecule has 4 rings (SSSR count). The third kappa shape index (κ3) is 3.82. The van der Waals surface area contributed by atoms with Crippen LogP contribution in [0.25, 0.3) is 22.1 Å². The second kappa shape index (κ2) is 8.17. The Morgan fingerprint density at radius 1 is 0.968 bits per heavy atom. The molecule has 0 aliphatic carbocycles. The van der Waals surface area contributed by atoms with Crippen LogP contribution in [0.15, 0.2) is 51.9 Å². The summed E-state index contributed by atoms with van der Waals surface area (Å²) in [6.07, 6.45) is -5.84. The van der Waals surface area contributed by atoms with Gasteiger partial charge in [0.2, 0.25) is 11.7 Å². The van der Waals surface area contributed by atoms with Gasteiger partial charge in [0.05, 0.1) is 12.2 Å². The summed E-state index contributed by atoms with van der Waals surface area (Å²) in [6, 6.07) is 8.30. The minimum atomic E-state index is -1.57. The van der Waals surface area contributed by atoms with Crippen LogP contribution in [-0.4, -0.2) is 68.0 Å². The van der Waals surface area contributed by atoms with Crippen molar-refractivity contribution in [3.63, 3.8) is 0 Å². The van der Waals surface area contributed by atoms with Gasteiger partial charge in [0.1, 0.15) is 58.9 Å². The highest BCUT2D eigenvalue weighted by molar-refractivity contribution is 5.88. The first-order valence-electron chi connectivity index (χ1n) is 9.35. The van der Waals surface area contributed by atoms with Crippen molar-refractivity contribution in [2.75, 3.05) is 6.61 Å². The van der Waals surface area contributed by atoms with E-state index in [2.05, 4.69) is 0 Å². The zero-order chi connectivity index (χ0) is 22.3. The molecule has 1 unspecified atom stereocenters. The van der Waals surface area contributed by atoms with Gasteiger partial charge in [0, 0.05) is 12.1 Å². The molecule has 10 heteroatoms. The maximum absolute atomic E-state index is 12.8. The van der Waals surface area contributed by atoms with Crippen molar-refractivity contribution < 1.29 is 44.5 Å². The van der Waals surface area contributed by atoms with E-state index in [4.69, 9.17) is 13.9 Å². The highest BCUT2D eigenvalue weighted by Crippen LogP contribution is 2.30. The molecule has 6 N–H and O–H groups in total. The first-order valence-corrected chi connectivity index (χ1v) is 9.35. The van der Waals surface area contributed by atoms with Gasteiger partial charge in [-0.25, -0.2) is 0 Å². The molecule has 1 aromatic heterocycles. The lowest BCUT2D eigenvalue weighted by atomic mass is 9.99. The van der Waals surface area contributed by atoms with E-state index in [9.17, 15) is 35.4 Å². The van der Waals surface area contributed by atoms with E-state index in [0.29, 0.717) is 5.56 Å². The normalized spacial score (nSPS) is 26.1. The summed E-state index contributed by atoms with van der Waals surface area (Å²) < 4.78 is 16.2. The van der Waals surface area contributed by atoms with Gasteiger partial charge in [-0.05, 0) is 17.7 Å². The van der Waals surface area contributed by atoms with E-state index >= 15 is 0 Å². The molecule has 2 heterocycles. The molecular weight excluding hydrogens is 412 g/mol. The number of hydrogen-bond donors (Lipinski definition) is 6. The first kappa shape index (κ1) is 21.1. The van der Waals surface area contributed by atoms with Gasteiger partial charge >= 0.3 is 0 Å². The monoisotopic (exact) mass is 432 g/mol. The van der Waals surface area contributed by atoms with E-state index in [-0.39, 0.29) is 28.0 Å². The summed E-state index contributed by atoms with van der Waals surface area (Å²) in [5, 5.41) is 58.4. The Hall–Kier alpha value is -3.15. The zero-order valence-electron chi connectivity index (χ0n) is 16.0. The highest BCUT2D eigenvalue weighted by Gasteiger charge is 2.44. The Labute approximate surface area is 174 Å². The average molecular weight is 432 g/mol. The summed E-state index contributed by atoms with van der Waals surface area (Å²) in [4.78, 5) is 12.8. The van der Waals surface area contributed by atoms with E-state index in [1.54, 1.807) is 0 Å². The molecule has 1 saturated heterocycles. The molecule has 3 aromatic rings. The summed E-state index contributed by atoms with van der Waals surface area (Å²) in [5.41, 5.74) is 0.146. The lowest BCUT2D eigenvalue weighted by molar-refractivity contribution is -0.277. The molecule has 1 fully saturated rings. The minimum absolute atomic E-state index is 0.0359. The lowest BCUT2D eigenvalue weighted by Crippen LogP contribution is -2.60. The summed E-state index contributed by atoms with van der Waals surface area (Å²) >= 11 is 0. The largest absolute Gasteiger partial charge is 0.508 e. The van der Waals surface area contributed by atoms with E-state index in [1.807, 2.05) is 0 Å². The van der Waals surface area contributed by atoms with Crippen LogP contribution in [0.1, 0.15) is 0 Å². The highest BCUT2D eigenvalue weighted by atomic mass is 16.7. The summed E-state index contributed by atoms with van der Waals surface area (Å²) in [5.74, 6) is -0.421. The van der Waals surface area contributed by atoms with Gasteiger partial charge in [-0.1, -0.05) is 12.1 Å². The fourth-order valence-corrected chi connectivity index (χ4v) is 3.43. The standard InChI is InChI=1S/C21H20O10/c22-7-15-18(26)19(27)20(28)21(31-15)30-11-3-1-9(2-4-11)12-8-29-14-6-10(23)5-13(24)16(14)17(12)25/h1-6,8,15,18-24,26-28H,7H2/t15-,18-,19+,20-,21?/m0/s1. The smallest absolute Gasteiger partial charge is 0.229 e. The molecule has 5 atom stereocenters. The number of ether oxygens (including phenoxy) is 2. The predicted octanol–water partition coefficient (Wildman–Crippen LogP) is 0.0499. The Balaban J connectivity index is 1.59. The molecule has 10 nitrogen and oxygen atoms in total. The lowest BCUT2D eigenvalue weighted by Gasteiger charge is -2.39. The number of phenolic OH excluding ortho intramolecular Hbond substituents is 2. The van der Waals surface area contributed by atoms with Gasteiger partial charge < -0.3 is 44.5 Å². The number of aliphatic hydroxyl groups excluding tert-OH is 4. The number of rotatable bonds is 4. The Morgan fingerprint density at radius 2 is 1.68 bits per heavy atom. The molecule has 164 valence electrons. The Kier molecular flexibility index (Phi) is 5.56. The van der Waals surface area contributed by atoms with E-state index < -0.39 is 48.5 Å². The van der Waals surface area contributed by atoms with Crippen molar-refractivity contribution in [3.8, 4) is 28.4 Å². The third-order valence-electron chi connectivity index (χ3n) is 5.11. The van der Waals surface area contributed by atoms with Crippen LogP contribution < -0.4 is 10.2 Å². The maximum atomic E-state index is 12.8. The van der Waals surface area contributed by atoms with Crippen molar-refractivity contribution in [2.45, 2.75) is 30.7 Å². The third-order valence-corrected chi connectivity index (χ3v) is 5.11. The van der Waals surface area contributed by atoms with Gasteiger partial charge in [-0.3, -0.25) is 4.79 Å². The summed E-state index contributed by atoms with van der Waals surface area (Å²) in [6.45, 7) is -0.577. The second-order valence-electron chi connectivity index (χ2n) is 7.16. The molecule has 0 bridgehead atoms. The number of aliphatic hydroxyl groups is 4. The van der Waals surface area contributed by atoms with Gasteiger partial charge in [-0.15, -0.1) is 0 Å². The SMILES string of the molecule is O=c1c(-c2ccc(OC3O[C@@H](CO)[C@H](O)[C@@H](O)[C@@H]3O)cc2)coc2cc(O)cc(O)c12. The van der Waals surface area contributed by atoms with Gasteiger partial charge in [-0.2, -0.15) is 0 Å². The molecule has 0 radical (unpaired) electrons. The molecule has 0 spiro atoms. The van der Waals surface area contributed by atoms with E-state index in [0.717, 1.165) is 6.07 Å². The number of fused-ring (bicyclic) bond motifs is 1. The van der Waals surface area contributed by atoms with Crippen LogP contribution in [0.3, 0.4) is 0 Å². The van der Waals surface area contributed by atoms with Crippen LogP contribution in [0, 0.1) is 0 Å². The number of benzene rings is 2.